The molecule has 3 atom stereocenters. The zero-order valence-electron chi connectivity index (χ0n) is 16.5. The van der Waals surface area contributed by atoms with E-state index in [0.29, 0.717) is 34.8 Å². The highest BCUT2D eigenvalue weighted by Crippen LogP contribution is 2.29. The topological polar surface area (TPSA) is 94.5 Å². The van der Waals surface area contributed by atoms with Crippen LogP contribution in [0.15, 0.2) is 51.5 Å². The van der Waals surface area contributed by atoms with Crippen molar-refractivity contribution in [2.24, 2.45) is 0 Å². The zero-order valence-corrected chi connectivity index (χ0v) is 19.4. The highest BCUT2D eigenvalue weighted by molar-refractivity contribution is 14.1. The van der Waals surface area contributed by atoms with Crippen LogP contribution in [0.5, 0.6) is 0 Å². The number of aromatic nitrogens is 2. The summed E-state index contributed by atoms with van der Waals surface area (Å²) in [6, 6.07) is 1.38. The molecule has 3 rings (SSSR count). The van der Waals surface area contributed by atoms with E-state index >= 15 is 0 Å². The number of H-pyrrole nitrogens is 1. The van der Waals surface area contributed by atoms with Gasteiger partial charge in [0.1, 0.15) is 17.4 Å². The van der Waals surface area contributed by atoms with E-state index in [9.17, 15) is 18.4 Å². The average Bonchev–Trinajstić information content (AvgIpc) is 2.79. The summed E-state index contributed by atoms with van der Waals surface area (Å²) in [7, 11) is 0. The molecule has 0 spiro atoms. The van der Waals surface area contributed by atoms with E-state index in [4.69, 9.17) is 16.0 Å². The van der Waals surface area contributed by atoms with Crippen LogP contribution in [0.2, 0.25) is 0 Å². The van der Waals surface area contributed by atoms with Crippen LogP contribution in [0.1, 0.15) is 6.92 Å². The minimum Gasteiger partial charge on any atom is -0.403 e. The third-order valence-electron chi connectivity index (χ3n) is 4.85. The number of nitrogens with zero attached hydrogens (tertiary/aromatic N) is 3. The third kappa shape index (κ3) is 6.19. The SMILES string of the molecule is C[C@@H]1CN(C2=CC(F)C(Cl)C(F)=C2)CCN1C(=O)CNc1cnc[nH]c(=O)oc(I)c1. The molecule has 168 valence electrons. The normalized spacial score (nSPS) is 23.6. The predicted molar refractivity (Wildman–Crippen MR) is 121 cm³/mol. The van der Waals surface area contributed by atoms with Gasteiger partial charge in [0.25, 0.3) is 0 Å². The van der Waals surface area contributed by atoms with Crippen molar-refractivity contribution in [2.45, 2.75) is 24.5 Å². The number of amides is 1. The van der Waals surface area contributed by atoms with Gasteiger partial charge < -0.3 is 19.5 Å². The lowest BCUT2D eigenvalue weighted by Crippen LogP contribution is -2.54. The highest BCUT2D eigenvalue weighted by Gasteiger charge is 2.32. The van der Waals surface area contributed by atoms with E-state index in [-0.39, 0.29) is 18.5 Å². The number of carbonyl (C=O) groups excluding carboxylic acids is 1. The molecular formula is C19H21ClF2IN5O3. The maximum Gasteiger partial charge on any atom is 0.418 e. The maximum atomic E-state index is 13.9. The van der Waals surface area contributed by atoms with Crippen LogP contribution in [0.25, 0.3) is 0 Å². The van der Waals surface area contributed by atoms with Gasteiger partial charge in [-0.25, -0.2) is 18.6 Å². The number of nitrogens with one attached hydrogen (secondary N) is 2. The molecule has 1 fully saturated rings. The van der Waals surface area contributed by atoms with Gasteiger partial charge in [0.05, 0.1) is 24.8 Å². The molecule has 31 heavy (non-hydrogen) atoms. The van der Waals surface area contributed by atoms with Gasteiger partial charge >= 0.3 is 5.76 Å². The number of rotatable bonds is 4. The molecule has 0 aromatic carbocycles. The standard InChI is InChI=1S/C19H21ClF2IN5O3/c1-11-9-27(13-5-14(21)18(20)15(22)6-13)2-3-28(11)17(29)8-25-12-4-16(23)31-19(30)26-10-24-7-12/h4-7,10-11,14,18,25H,2-3,8-9H2,1H3,(H,24,26,30)/t11-,14?,18?/m1/s1. The van der Waals surface area contributed by atoms with Gasteiger partial charge in [0, 0.05) is 37.4 Å². The predicted octanol–water partition coefficient (Wildman–Crippen LogP) is 2.73. The molecule has 1 aromatic rings. The van der Waals surface area contributed by atoms with Crippen LogP contribution in [-0.2, 0) is 4.79 Å². The smallest absolute Gasteiger partial charge is 0.403 e. The summed E-state index contributed by atoms with van der Waals surface area (Å²) in [6.07, 6.45) is 3.61. The summed E-state index contributed by atoms with van der Waals surface area (Å²) in [5.74, 6) is -1.50. The monoisotopic (exact) mass is 567 g/mol. The van der Waals surface area contributed by atoms with E-state index in [1.165, 1.54) is 24.7 Å². The van der Waals surface area contributed by atoms with E-state index < -0.39 is 23.1 Å². The van der Waals surface area contributed by atoms with Crippen molar-refractivity contribution in [3.8, 4) is 0 Å². The number of hydrogen-bond acceptors (Lipinski definition) is 6. The Hall–Kier alpha value is -2.15. The second-order valence-electron chi connectivity index (χ2n) is 7.05. The Labute approximate surface area is 195 Å². The van der Waals surface area contributed by atoms with Gasteiger partial charge in [-0.3, -0.25) is 9.78 Å². The number of anilines is 1. The second kappa shape index (κ2) is 10.4. The van der Waals surface area contributed by atoms with E-state index in [2.05, 4.69) is 15.3 Å². The Bertz CT molecular complexity index is 997. The molecule has 0 saturated carbocycles. The lowest BCUT2D eigenvalue weighted by Gasteiger charge is -2.42. The maximum absolute atomic E-state index is 13.9. The minimum absolute atomic E-state index is 0.00516. The molecule has 8 nitrogen and oxygen atoms in total. The van der Waals surface area contributed by atoms with Crippen LogP contribution in [-0.4, -0.2) is 69.4 Å². The number of aromatic amines is 1. The number of piperazine rings is 1. The molecule has 1 aliphatic carbocycles. The first-order valence-electron chi connectivity index (χ1n) is 9.47. The van der Waals surface area contributed by atoms with Crippen molar-refractivity contribution in [3.63, 3.8) is 0 Å². The molecule has 1 aliphatic heterocycles. The van der Waals surface area contributed by atoms with Gasteiger partial charge in [-0.15, -0.1) is 11.6 Å². The number of alkyl halides is 2. The van der Waals surface area contributed by atoms with Crippen LogP contribution in [0.4, 0.5) is 14.5 Å². The van der Waals surface area contributed by atoms with Gasteiger partial charge in [-0.1, -0.05) is 0 Å². The van der Waals surface area contributed by atoms with Gasteiger partial charge in [0.2, 0.25) is 5.91 Å². The minimum atomic E-state index is -1.59. The molecule has 1 amide bonds. The van der Waals surface area contributed by atoms with Crippen molar-refractivity contribution in [2.75, 3.05) is 31.5 Å². The summed E-state index contributed by atoms with van der Waals surface area (Å²) >= 11 is 7.52. The fourth-order valence-corrected chi connectivity index (χ4v) is 3.99. The van der Waals surface area contributed by atoms with E-state index in [1.807, 2.05) is 34.4 Å². The lowest BCUT2D eigenvalue weighted by molar-refractivity contribution is -0.133. The molecule has 2 N–H and O–H groups in total. The van der Waals surface area contributed by atoms with Crippen molar-refractivity contribution in [3.05, 3.63) is 56.6 Å². The molecule has 2 unspecified atom stereocenters. The molecule has 2 heterocycles. The van der Waals surface area contributed by atoms with E-state index in [0.717, 1.165) is 0 Å². The fraction of sp³-hybridized carbons (Fsp3) is 0.421. The number of allylic oxidation sites excluding steroid dienone is 3. The van der Waals surface area contributed by atoms with Crippen molar-refractivity contribution >= 4 is 45.8 Å². The first kappa shape index (κ1) is 23.5. The average molecular weight is 568 g/mol. The van der Waals surface area contributed by atoms with E-state index in [1.54, 1.807) is 11.0 Å². The molecule has 2 aliphatic rings. The Kier molecular flexibility index (Phi) is 7.92. The second-order valence-corrected chi connectivity index (χ2v) is 8.58. The first-order valence-corrected chi connectivity index (χ1v) is 11.0. The Morgan fingerprint density at radius 2 is 2.26 bits per heavy atom. The van der Waals surface area contributed by atoms with Gasteiger partial charge in [-0.05, 0) is 41.7 Å². The number of hydrogen-bond donors (Lipinski definition) is 2. The Balaban J connectivity index is 1.62. The molecular weight excluding hydrogens is 547 g/mol. The third-order valence-corrected chi connectivity index (χ3v) is 5.83. The number of carbonyl (C=O) groups is 1. The lowest BCUT2D eigenvalue weighted by atomic mass is 10.1. The Morgan fingerprint density at radius 3 is 2.97 bits per heavy atom. The highest BCUT2D eigenvalue weighted by atomic mass is 127. The first-order chi connectivity index (χ1) is 14.7. The summed E-state index contributed by atoms with van der Waals surface area (Å²) < 4.78 is 33.0. The fourth-order valence-electron chi connectivity index (χ4n) is 3.32. The largest absolute Gasteiger partial charge is 0.418 e. The van der Waals surface area contributed by atoms with Crippen LogP contribution in [0, 0.1) is 3.77 Å². The van der Waals surface area contributed by atoms with Gasteiger partial charge in [0.15, 0.2) is 3.77 Å². The summed E-state index contributed by atoms with van der Waals surface area (Å²) in [4.78, 5) is 33.9. The van der Waals surface area contributed by atoms with Crippen molar-refractivity contribution in [1.82, 2.24) is 19.8 Å². The zero-order chi connectivity index (χ0) is 22.5. The summed E-state index contributed by atoms with van der Waals surface area (Å²) in [5, 5.41) is 1.69. The Morgan fingerprint density at radius 1 is 1.48 bits per heavy atom. The van der Waals surface area contributed by atoms with Crippen LogP contribution in [0.3, 0.4) is 0 Å². The molecule has 0 radical (unpaired) electrons. The summed E-state index contributed by atoms with van der Waals surface area (Å²) in [5.41, 5.74) is 0.935. The van der Waals surface area contributed by atoms with Crippen molar-refractivity contribution in [1.29, 1.82) is 0 Å². The molecule has 12 heteroatoms. The summed E-state index contributed by atoms with van der Waals surface area (Å²) in [6.45, 7) is 3.17. The number of halogens is 4. The molecule has 0 bridgehead atoms. The molecule has 1 aromatic heterocycles. The molecule has 1 saturated heterocycles. The van der Waals surface area contributed by atoms with Crippen molar-refractivity contribution < 1.29 is 18.0 Å². The quantitative estimate of drug-likeness (QED) is 0.429. The van der Waals surface area contributed by atoms with Gasteiger partial charge in [-0.2, -0.15) is 0 Å². The van der Waals surface area contributed by atoms with Crippen LogP contribution >= 0.6 is 34.2 Å². The van der Waals surface area contributed by atoms with Crippen LogP contribution < -0.4 is 11.1 Å².